The number of aliphatic hydroxyl groups is 1. The van der Waals surface area contributed by atoms with Crippen LogP contribution in [0.15, 0.2) is 24.3 Å². The van der Waals surface area contributed by atoms with Gasteiger partial charge in [0.15, 0.2) is 0 Å². The van der Waals surface area contributed by atoms with Crippen LogP contribution in [0.1, 0.15) is 66.7 Å². The molecule has 10 nitrogen and oxygen atoms in total. The average molecular weight is 560 g/mol. The van der Waals surface area contributed by atoms with E-state index in [4.69, 9.17) is 9.47 Å². The van der Waals surface area contributed by atoms with Crippen LogP contribution in [0, 0.1) is 17.8 Å². The fraction of sp³-hybridized carbons (Fsp3) is 0.733. The van der Waals surface area contributed by atoms with Gasteiger partial charge in [-0.2, -0.15) is 0 Å². The molecule has 8 atom stereocenters. The second kappa shape index (κ2) is 12.4. The second-order valence-electron chi connectivity index (χ2n) is 12.1. The van der Waals surface area contributed by atoms with Gasteiger partial charge in [0.2, 0.25) is 17.7 Å². The van der Waals surface area contributed by atoms with Crippen molar-refractivity contribution >= 4 is 23.7 Å². The molecule has 3 amide bonds. The van der Waals surface area contributed by atoms with Gasteiger partial charge in [0, 0.05) is 19.0 Å². The summed E-state index contributed by atoms with van der Waals surface area (Å²) in [6.45, 7) is 9.91. The lowest BCUT2D eigenvalue weighted by Crippen LogP contribution is -2.60. The minimum Gasteiger partial charge on any atom is -0.460 e. The molecule has 1 unspecified atom stereocenters. The van der Waals surface area contributed by atoms with E-state index in [0.29, 0.717) is 19.4 Å². The zero-order valence-electron chi connectivity index (χ0n) is 24.4. The van der Waals surface area contributed by atoms with Crippen LogP contribution < -0.4 is 5.32 Å². The molecule has 0 aromatic rings. The first-order valence-corrected chi connectivity index (χ1v) is 14.8. The Kier molecular flexibility index (Phi) is 9.40. The normalized spacial score (nSPS) is 35.1. The van der Waals surface area contributed by atoms with Gasteiger partial charge in [-0.15, -0.1) is 0 Å². The lowest BCUT2D eigenvalue weighted by molar-refractivity contribution is -0.159. The van der Waals surface area contributed by atoms with Crippen LogP contribution in [-0.2, 0) is 28.7 Å². The van der Waals surface area contributed by atoms with Crippen molar-refractivity contribution in [1.29, 1.82) is 0 Å². The maximum absolute atomic E-state index is 14.6. The predicted octanol–water partition coefficient (Wildman–Crippen LogP) is 1.96. The first-order chi connectivity index (χ1) is 19.0. The molecule has 4 heterocycles. The van der Waals surface area contributed by atoms with E-state index < -0.39 is 47.7 Å². The van der Waals surface area contributed by atoms with Crippen molar-refractivity contribution in [2.75, 3.05) is 19.7 Å². The number of hydrogen-bond acceptors (Lipinski definition) is 7. The minimum atomic E-state index is -1.33. The lowest BCUT2D eigenvalue weighted by Gasteiger charge is -2.40. The Morgan fingerprint density at radius 2 is 1.90 bits per heavy atom. The number of amides is 3. The van der Waals surface area contributed by atoms with Crippen molar-refractivity contribution in [3.8, 4) is 0 Å². The number of ether oxygens (including phenoxy) is 2. The van der Waals surface area contributed by atoms with Gasteiger partial charge in [0.25, 0.3) is 0 Å². The first-order valence-electron chi connectivity index (χ1n) is 14.8. The number of rotatable bonds is 7. The molecule has 1 spiro atoms. The maximum Gasteiger partial charge on any atom is 0.313 e. The fourth-order valence-corrected chi connectivity index (χ4v) is 6.77. The highest BCUT2D eigenvalue weighted by Crippen LogP contribution is 2.56. The SMILES string of the molecule is CCCC(C)N1C/C=C\CCC(=O)NC[C@@H](C)OC(=O)[C@@H]2[C@@H]3C=C[C@]4(O3)[C@H](C1=O)N([C@@H](CO)CC(C)C)C(=O)[C@@H]24. The monoisotopic (exact) mass is 559 g/mol. The third-order valence-corrected chi connectivity index (χ3v) is 8.60. The van der Waals surface area contributed by atoms with E-state index in [-0.39, 0.29) is 49.3 Å². The summed E-state index contributed by atoms with van der Waals surface area (Å²) in [6.07, 6.45) is 8.94. The Morgan fingerprint density at radius 3 is 2.58 bits per heavy atom. The summed E-state index contributed by atoms with van der Waals surface area (Å²) in [6, 6.07) is -1.75. The fourth-order valence-electron chi connectivity index (χ4n) is 6.77. The molecule has 0 aliphatic carbocycles. The number of aliphatic hydroxyl groups excluding tert-OH is 1. The van der Waals surface area contributed by atoms with Crippen molar-refractivity contribution < 1.29 is 33.8 Å². The number of nitrogens with one attached hydrogen (secondary N) is 1. The number of cyclic esters (lactones) is 1. The summed E-state index contributed by atoms with van der Waals surface area (Å²) < 4.78 is 12.2. The predicted molar refractivity (Wildman–Crippen MR) is 148 cm³/mol. The van der Waals surface area contributed by atoms with E-state index in [1.165, 1.54) is 4.90 Å². The number of hydrogen-bond donors (Lipinski definition) is 2. The highest BCUT2D eigenvalue weighted by atomic mass is 16.6. The summed E-state index contributed by atoms with van der Waals surface area (Å²) in [5, 5.41) is 13.3. The van der Waals surface area contributed by atoms with Crippen molar-refractivity contribution in [2.24, 2.45) is 17.8 Å². The van der Waals surface area contributed by atoms with E-state index in [1.807, 2.05) is 32.9 Å². The third-order valence-electron chi connectivity index (χ3n) is 8.60. The lowest BCUT2D eigenvalue weighted by atomic mass is 9.74. The number of allylic oxidation sites excluding steroid dienone is 1. The second-order valence-corrected chi connectivity index (χ2v) is 12.1. The van der Waals surface area contributed by atoms with E-state index in [9.17, 15) is 24.3 Å². The Balaban J connectivity index is 1.81. The van der Waals surface area contributed by atoms with Crippen LogP contribution in [0.25, 0.3) is 0 Å². The zero-order valence-corrected chi connectivity index (χ0v) is 24.4. The number of nitrogens with zero attached hydrogens (tertiary/aromatic N) is 2. The Bertz CT molecular complexity index is 1040. The van der Waals surface area contributed by atoms with Crippen molar-refractivity contribution in [1.82, 2.24) is 15.1 Å². The molecule has 0 radical (unpaired) electrons. The minimum absolute atomic E-state index is 0.123. The van der Waals surface area contributed by atoms with Gasteiger partial charge in [0.1, 0.15) is 23.7 Å². The molecule has 40 heavy (non-hydrogen) atoms. The molecule has 0 aromatic carbocycles. The van der Waals surface area contributed by atoms with E-state index >= 15 is 0 Å². The van der Waals surface area contributed by atoms with Crippen LogP contribution in [0.2, 0.25) is 0 Å². The summed E-state index contributed by atoms with van der Waals surface area (Å²) in [4.78, 5) is 58.0. The quantitative estimate of drug-likeness (QED) is 0.361. The highest BCUT2D eigenvalue weighted by Gasteiger charge is 2.74. The molecule has 2 N–H and O–H groups in total. The summed E-state index contributed by atoms with van der Waals surface area (Å²) in [5.74, 6) is -3.08. The van der Waals surface area contributed by atoms with Crippen LogP contribution in [0.4, 0.5) is 0 Å². The van der Waals surface area contributed by atoms with Gasteiger partial charge < -0.3 is 29.7 Å². The highest BCUT2D eigenvalue weighted by molar-refractivity contribution is 5.99. The first kappa shape index (κ1) is 30.2. The molecule has 4 aliphatic rings. The Hall–Kier alpha value is -2.72. The Morgan fingerprint density at radius 1 is 1.15 bits per heavy atom. The molecule has 10 heteroatoms. The smallest absolute Gasteiger partial charge is 0.313 e. The van der Waals surface area contributed by atoms with Gasteiger partial charge in [-0.25, -0.2) is 0 Å². The molecule has 0 saturated carbocycles. The molecule has 0 aromatic heterocycles. The van der Waals surface area contributed by atoms with Gasteiger partial charge in [-0.3, -0.25) is 19.2 Å². The summed E-state index contributed by atoms with van der Waals surface area (Å²) >= 11 is 0. The summed E-state index contributed by atoms with van der Waals surface area (Å²) in [7, 11) is 0. The Labute approximate surface area is 237 Å². The number of fused-ring (bicyclic) bond motifs is 2. The number of carbonyl (C=O) groups excluding carboxylic acids is 4. The van der Waals surface area contributed by atoms with Crippen LogP contribution in [0.5, 0.6) is 0 Å². The molecule has 5 bridgehead atoms. The van der Waals surface area contributed by atoms with Crippen LogP contribution in [-0.4, -0.2) is 94.2 Å². The van der Waals surface area contributed by atoms with Gasteiger partial charge in [0.05, 0.1) is 31.2 Å². The van der Waals surface area contributed by atoms with Crippen LogP contribution in [0.3, 0.4) is 0 Å². The van der Waals surface area contributed by atoms with E-state index in [0.717, 1.165) is 12.8 Å². The van der Waals surface area contributed by atoms with Crippen LogP contribution >= 0.6 is 0 Å². The third kappa shape index (κ3) is 5.57. The molecular weight excluding hydrogens is 514 g/mol. The molecule has 4 aliphatic heterocycles. The topological polar surface area (TPSA) is 125 Å². The van der Waals surface area contributed by atoms with E-state index in [2.05, 4.69) is 12.2 Å². The molecular formula is C30H45N3O7. The molecule has 222 valence electrons. The molecule has 2 fully saturated rings. The molecule has 4 rings (SSSR count). The molecule has 2 saturated heterocycles. The maximum atomic E-state index is 14.6. The van der Waals surface area contributed by atoms with Gasteiger partial charge >= 0.3 is 5.97 Å². The van der Waals surface area contributed by atoms with Crippen molar-refractivity contribution in [3.05, 3.63) is 24.3 Å². The van der Waals surface area contributed by atoms with E-state index in [1.54, 1.807) is 24.0 Å². The zero-order chi connectivity index (χ0) is 29.2. The standard InChI is InChI=1S/C30H45N3O7/c1-6-10-19(4)32-14-9-7-8-11-23(35)31-16-20(5)39-29(38)24-22-12-13-30(40-22)25(24)27(36)33(26(30)28(32)37)21(17-34)15-18(2)3/h7,9,12-13,18-22,24-26,34H,6,8,10-11,14-17H2,1-5H3,(H,31,35)/b9-7-/t19?,20-,21-,22+,24-,25-,26+,30-/m1/s1. The number of esters is 1. The van der Waals surface area contributed by atoms with Crippen molar-refractivity contribution in [3.63, 3.8) is 0 Å². The number of carbonyl (C=O) groups is 4. The van der Waals surface area contributed by atoms with Crippen molar-refractivity contribution in [2.45, 2.75) is 103 Å². The average Bonchev–Trinajstić information content (AvgIpc) is 3.54. The van der Waals surface area contributed by atoms with Gasteiger partial charge in [-0.1, -0.05) is 51.5 Å². The largest absolute Gasteiger partial charge is 0.460 e. The number of likely N-dealkylation sites (tertiary alicyclic amines) is 1. The van der Waals surface area contributed by atoms with Gasteiger partial charge in [-0.05, 0) is 39.0 Å². The summed E-state index contributed by atoms with van der Waals surface area (Å²) in [5.41, 5.74) is -1.33.